The summed E-state index contributed by atoms with van der Waals surface area (Å²) in [4.78, 5) is 25.3. The molecular formula is C41H33FN6O2. The van der Waals surface area contributed by atoms with E-state index in [-0.39, 0.29) is 23.2 Å². The van der Waals surface area contributed by atoms with E-state index in [0.717, 1.165) is 34.4 Å². The number of pyridine rings is 2. The molecule has 1 aliphatic rings. The first-order valence-corrected chi connectivity index (χ1v) is 16.4. The topological polar surface area (TPSA) is 105 Å². The Morgan fingerprint density at radius 2 is 1.50 bits per heavy atom. The molecule has 2 atom stereocenters. The van der Waals surface area contributed by atoms with Crippen LogP contribution in [0.1, 0.15) is 40.3 Å². The molecule has 50 heavy (non-hydrogen) atoms. The highest BCUT2D eigenvalue weighted by Gasteiger charge is 2.43. The van der Waals surface area contributed by atoms with Gasteiger partial charge in [0.2, 0.25) is 0 Å². The van der Waals surface area contributed by atoms with Crippen molar-refractivity contribution in [2.75, 3.05) is 10.6 Å². The fraction of sp³-hybridized carbons (Fsp3) is 0.122. The van der Waals surface area contributed by atoms with Crippen LogP contribution in [-0.4, -0.2) is 36.8 Å². The smallest absolute Gasteiger partial charge is 0.409 e. The van der Waals surface area contributed by atoms with E-state index in [4.69, 9.17) is 4.98 Å². The van der Waals surface area contributed by atoms with Crippen LogP contribution < -0.4 is 10.6 Å². The first-order chi connectivity index (χ1) is 24.4. The summed E-state index contributed by atoms with van der Waals surface area (Å²) in [6.45, 7) is 1.86. The number of rotatable bonds is 9. The second-order valence-corrected chi connectivity index (χ2v) is 12.6. The third-order valence-electron chi connectivity index (χ3n) is 9.59. The fourth-order valence-electron chi connectivity index (χ4n) is 7.09. The van der Waals surface area contributed by atoms with E-state index in [1.54, 1.807) is 24.5 Å². The van der Waals surface area contributed by atoms with Crippen LogP contribution in [0.5, 0.6) is 0 Å². The standard InChI is InChI=1S/C41H33FN6O2/c1-26-17-18-43-22-33(26)31-19-27-20-37(44-23-34(27)39(38(31)42)47-40(49)50)46-35-21-32(35)36-24-48(25-45-36)41(28-11-5-2-6-12-28,29-13-7-3-8-14-29)30-15-9-4-10-16-30/h2-20,22-25,32,35,47H,21H2,1H3,(H,44,46)(H,49,50). The van der Waals surface area contributed by atoms with Crippen molar-refractivity contribution in [3.05, 3.63) is 174 Å². The van der Waals surface area contributed by atoms with E-state index in [0.29, 0.717) is 22.2 Å². The Morgan fingerprint density at radius 1 is 0.860 bits per heavy atom. The predicted molar refractivity (Wildman–Crippen MR) is 193 cm³/mol. The number of fused-ring (bicyclic) bond motifs is 1. The Kier molecular flexibility index (Phi) is 7.80. The van der Waals surface area contributed by atoms with Gasteiger partial charge >= 0.3 is 6.09 Å². The summed E-state index contributed by atoms with van der Waals surface area (Å²) in [5.74, 6) is 0.0899. The Morgan fingerprint density at radius 3 is 2.10 bits per heavy atom. The molecule has 2 unspecified atom stereocenters. The van der Waals surface area contributed by atoms with E-state index < -0.39 is 17.4 Å². The van der Waals surface area contributed by atoms with Gasteiger partial charge in [-0.15, -0.1) is 0 Å². The average Bonchev–Trinajstić information content (AvgIpc) is 3.73. The summed E-state index contributed by atoms with van der Waals surface area (Å²) in [6, 6.07) is 36.9. The Balaban J connectivity index is 1.13. The maximum absolute atomic E-state index is 15.8. The Hall–Kier alpha value is -6.35. The van der Waals surface area contributed by atoms with Gasteiger partial charge in [0.1, 0.15) is 11.4 Å². The normalized spacial score (nSPS) is 15.5. The SMILES string of the molecule is Cc1ccncc1-c1cc2cc(NC3CC3c3cn(C(c4ccccc4)(c4ccccc4)c4ccccc4)cn3)ncc2c(NC(=O)O)c1F. The van der Waals surface area contributed by atoms with Crippen LogP contribution in [-0.2, 0) is 5.54 Å². The zero-order valence-electron chi connectivity index (χ0n) is 27.2. The van der Waals surface area contributed by atoms with Crippen molar-refractivity contribution in [3.8, 4) is 11.1 Å². The minimum Gasteiger partial charge on any atom is -0.465 e. The van der Waals surface area contributed by atoms with Crippen molar-refractivity contribution in [2.24, 2.45) is 0 Å². The van der Waals surface area contributed by atoms with Gasteiger partial charge in [-0.3, -0.25) is 10.3 Å². The van der Waals surface area contributed by atoms with E-state index in [2.05, 4.69) is 104 Å². The van der Waals surface area contributed by atoms with Crippen LogP contribution in [0.2, 0.25) is 0 Å². The molecule has 1 amide bonds. The fourth-order valence-corrected chi connectivity index (χ4v) is 7.09. The number of halogens is 1. The molecule has 0 spiro atoms. The number of hydrogen-bond acceptors (Lipinski definition) is 5. The summed E-state index contributed by atoms with van der Waals surface area (Å²) in [5.41, 5.74) is 5.24. The number of nitrogens with zero attached hydrogens (tertiary/aromatic N) is 4. The number of nitrogens with one attached hydrogen (secondary N) is 2. The van der Waals surface area contributed by atoms with Gasteiger partial charge in [-0.1, -0.05) is 91.0 Å². The van der Waals surface area contributed by atoms with Crippen LogP contribution in [0.15, 0.2) is 140 Å². The quantitative estimate of drug-likeness (QED) is 0.134. The van der Waals surface area contributed by atoms with Crippen LogP contribution in [0.3, 0.4) is 0 Å². The zero-order valence-corrected chi connectivity index (χ0v) is 27.2. The van der Waals surface area contributed by atoms with Crippen molar-refractivity contribution < 1.29 is 14.3 Å². The third-order valence-corrected chi connectivity index (χ3v) is 9.59. The molecule has 246 valence electrons. The van der Waals surface area contributed by atoms with Gasteiger partial charge in [-0.25, -0.2) is 19.2 Å². The second-order valence-electron chi connectivity index (χ2n) is 12.6. The summed E-state index contributed by atoms with van der Waals surface area (Å²) >= 11 is 0. The molecule has 0 radical (unpaired) electrons. The molecule has 9 heteroatoms. The number of imidazole rings is 1. The molecule has 3 aromatic heterocycles. The van der Waals surface area contributed by atoms with E-state index in [9.17, 15) is 9.90 Å². The molecule has 4 aromatic carbocycles. The van der Waals surface area contributed by atoms with Crippen molar-refractivity contribution in [2.45, 2.75) is 30.8 Å². The molecule has 3 N–H and O–H groups in total. The van der Waals surface area contributed by atoms with Gasteiger partial charge in [-0.2, -0.15) is 0 Å². The lowest BCUT2D eigenvalue weighted by molar-refractivity contribution is 0.209. The number of aryl methyl sites for hydroxylation is 1. The number of hydrogen-bond donors (Lipinski definition) is 3. The molecule has 8 rings (SSSR count). The van der Waals surface area contributed by atoms with Gasteiger partial charge < -0.3 is 15.0 Å². The predicted octanol–water partition coefficient (Wildman–Crippen LogP) is 8.84. The molecule has 7 aromatic rings. The largest absolute Gasteiger partial charge is 0.465 e. The molecule has 1 aliphatic carbocycles. The second kappa shape index (κ2) is 12.6. The lowest BCUT2D eigenvalue weighted by Gasteiger charge is -2.37. The monoisotopic (exact) mass is 660 g/mol. The Bertz CT molecular complexity index is 2230. The van der Waals surface area contributed by atoms with Gasteiger partial charge in [-0.05, 0) is 59.2 Å². The van der Waals surface area contributed by atoms with Crippen molar-refractivity contribution >= 4 is 28.4 Å². The molecule has 0 saturated heterocycles. The summed E-state index contributed by atoms with van der Waals surface area (Å²) < 4.78 is 18.0. The van der Waals surface area contributed by atoms with Gasteiger partial charge in [0.25, 0.3) is 0 Å². The lowest BCUT2D eigenvalue weighted by Crippen LogP contribution is -2.36. The molecule has 3 heterocycles. The minimum absolute atomic E-state index is 0.0833. The van der Waals surface area contributed by atoms with Crippen LogP contribution in [0.4, 0.5) is 20.7 Å². The maximum atomic E-state index is 15.8. The highest BCUT2D eigenvalue weighted by atomic mass is 19.1. The van der Waals surface area contributed by atoms with E-state index in [1.807, 2.05) is 37.5 Å². The molecule has 0 bridgehead atoms. The minimum atomic E-state index is -1.36. The van der Waals surface area contributed by atoms with Gasteiger partial charge in [0.15, 0.2) is 5.82 Å². The lowest BCUT2D eigenvalue weighted by atomic mass is 9.77. The average molecular weight is 661 g/mol. The number of carbonyl (C=O) groups is 1. The summed E-state index contributed by atoms with van der Waals surface area (Å²) in [5, 5.41) is 16.3. The Labute approximate surface area is 288 Å². The highest BCUT2D eigenvalue weighted by molar-refractivity contribution is 6.03. The van der Waals surface area contributed by atoms with E-state index in [1.165, 1.54) is 6.20 Å². The molecule has 0 aliphatic heterocycles. The summed E-state index contributed by atoms with van der Waals surface area (Å²) in [6.07, 6.45) is 8.32. The number of amides is 1. The first kappa shape index (κ1) is 31.0. The molecule has 1 saturated carbocycles. The van der Waals surface area contributed by atoms with Crippen molar-refractivity contribution in [3.63, 3.8) is 0 Å². The molecule has 1 fully saturated rings. The number of aromatic nitrogens is 4. The highest BCUT2D eigenvalue weighted by Crippen LogP contribution is 2.46. The van der Waals surface area contributed by atoms with Crippen LogP contribution >= 0.6 is 0 Å². The zero-order chi connectivity index (χ0) is 34.2. The first-order valence-electron chi connectivity index (χ1n) is 16.4. The van der Waals surface area contributed by atoms with Crippen molar-refractivity contribution in [1.82, 2.24) is 19.5 Å². The van der Waals surface area contributed by atoms with E-state index >= 15 is 4.39 Å². The van der Waals surface area contributed by atoms with Gasteiger partial charge in [0, 0.05) is 53.3 Å². The summed E-state index contributed by atoms with van der Waals surface area (Å²) in [7, 11) is 0. The van der Waals surface area contributed by atoms with Crippen LogP contribution in [0, 0.1) is 12.7 Å². The van der Waals surface area contributed by atoms with Crippen LogP contribution in [0.25, 0.3) is 21.9 Å². The maximum Gasteiger partial charge on any atom is 0.409 e. The number of benzene rings is 4. The molecular weight excluding hydrogens is 627 g/mol. The van der Waals surface area contributed by atoms with Crippen molar-refractivity contribution in [1.29, 1.82) is 0 Å². The number of anilines is 2. The number of carboxylic acid groups (broad SMARTS) is 1. The third kappa shape index (κ3) is 5.42. The van der Waals surface area contributed by atoms with Gasteiger partial charge in [0.05, 0.1) is 17.7 Å². The molecule has 8 nitrogen and oxygen atoms in total.